The number of halogens is 1. The van der Waals surface area contributed by atoms with Crippen LogP contribution in [0.2, 0.25) is 0 Å². The molecule has 0 spiro atoms. The maximum atomic E-state index is 10.6. The SMILES string of the molecule is O=C(O)c1cnc(-c2ccc(Br)cc2O)[nH]1. The minimum atomic E-state index is -1.09. The number of aromatic carboxylic acids is 1. The van der Waals surface area contributed by atoms with Crippen molar-refractivity contribution in [2.24, 2.45) is 0 Å². The second-order valence-corrected chi connectivity index (χ2v) is 4.03. The number of rotatable bonds is 2. The van der Waals surface area contributed by atoms with Crippen LogP contribution in [0.3, 0.4) is 0 Å². The molecule has 0 amide bonds. The summed E-state index contributed by atoms with van der Waals surface area (Å²) in [6, 6.07) is 4.89. The summed E-state index contributed by atoms with van der Waals surface area (Å²) >= 11 is 3.21. The molecule has 0 radical (unpaired) electrons. The molecule has 0 saturated heterocycles. The predicted molar refractivity (Wildman–Crippen MR) is 60.3 cm³/mol. The third-order valence-corrected chi connectivity index (χ3v) is 2.51. The number of nitrogens with one attached hydrogen (secondary N) is 1. The second kappa shape index (κ2) is 3.97. The van der Waals surface area contributed by atoms with Crippen molar-refractivity contribution in [1.82, 2.24) is 9.97 Å². The Morgan fingerprint density at radius 1 is 1.44 bits per heavy atom. The zero-order valence-electron chi connectivity index (χ0n) is 7.94. The Kier molecular flexibility index (Phi) is 2.66. The molecule has 6 heteroatoms. The van der Waals surface area contributed by atoms with Gasteiger partial charge in [-0.25, -0.2) is 9.78 Å². The van der Waals surface area contributed by atoms with Crippen molar-refractivity contribution >= 4 is 21.9 Å². The number of hydrogen-bond acceptors (Lipinski definition) is 3. The van der Waals surface area contributed by atoms with E-state index in [1.165, 1.54) is 12.3 Å². The number of nitrogens with zero attached hydrogens (tertiary/aromatic N) is 1. The van der Waals surface area contributed by atoms with E-state index in [1.54, 1.807) is 12.1 Å². The Morgan fingerprint density at radius 2 is 2.19 bits per heavy atom. The minimum absolute atomic E-state index is 0.0164. The van der Waals surface area contributed by atoms with E-state index in [9.17, 15) is 9.90 Å². The minimum Gasteiger partial charge on any atom is -0.507 e. The summed E-state index contributed by atoms with van der Waals surface area (Å²) in [6.07, 6.45) is 1.21. The zero-order valence-corrected chi connectivity index (χ0v) is 9.52. The fraction of sp³-hybridized carbons (Fsp3) is 0. The zero-order chi connectivity index (χ0) is 11.7. The van der Waals surface area contributed by atoms with E-state index in [1.807, 2.05) is 0 Å². The van der Waals surface area contributed by atoms with Gasteiger partial charge in [0, 0.05) is 4.47 Å². The number of aromatic amines is 1. The average molecular weight is 283 g/mol. The van der Waals surface area contributed by atoms with Crippen LogP contribution < -0.4 is 0 Å². The van der Waals surface area contributed by atoms with Crippen LogP contribution in [0.25, 0.3) is 11.4 Å². The molecule has 0 atom stereocenters. The van der Waals surface area contributed by atoms with E-state index >= 15 is 0 Å². The molecule has 0 aliphatic carbocycles. The summed E-state index contributed by atoms with van der Waals surface area (Å²) in [4.78, 5) is 17.1. The van der Waals surface area contributed by atoms with Gasteiger partial charge in [0.1, 0.15) is 17.3 Å². The fourth-order valence-electron chi connectivity index (χ4n) is 1.27. The number of phenolic OH excluding ortho intramolecular Hbond substituents is 1. The lowest BCUT2D eigenvalue weighted by Crippen LogP contribution is -1.95. The van der Waals surface area contributed by atoms with E-state index in [-0.39, 0.29) is 11.4 Å². The van der Waals surface area contributed by atoms with Crippen LogP contribution in [0, 0.1) is 0 Å². The lowest BCUT2D eigenvalue weighted by atomic mass is 10.2. The van der Waals surface area contributed by atoms with E-state index in [0.29, 0.717) is 11.4 Å². The van der Waals surface area contributed by atoms with Gasteiger partial charge in [-0.15, -0.1) is 0 Å². The van der Waals surface area contributed by atoms with Gasteiger partial charge >= 0.3 is 5.97 Å². The van der Waals surface area contributed by atoms with Crippen molar-refractivity contribution in [3.63, 3.8) is 0 Å². The van der Waals surface area contributed by atoms with Crippen LogP contribution in [0.4, 0.5) is 0 Å². The number of imidazole rings is 1. The summed E-state index contributed by atoms with van der Waals surface area (Å²) in [5.74, 6) is -0.738. The van der Waals surface area contributed by atoms with Crippen LogP contribution in [0.15, 0.2) is 28.9 Å². The van der Waals surface area contributed by atoms with E-state index < -0.39 is 5.97 Å². The van der Waals surface area contributed by atoms with Crippen molar-refractivity contribution in [2.45, 2.75) is 0 Å². The van der Waals surface area contributed by atoms with Gasteiger partial charge < -0.3 is 15.2 Å². The lowest BCUT2D eigenvalue weighted by Gasteiger charge is -2.01. The van der Waals surface area contributed by atoms with Crippen LogP contribution in [-0.4, -0.2) is 26.2 Å². The van der Waals surface area contributed by atoms with Gasteiger partial charge in [-0.1, -0.05) is 15.9 Å². The topological polar surface area (TPSA) is 86.2 Å². The monoisotopic (exact) mass is 282 g/mol. The first-order chi connectivity index (χ1) is 7.58. The van der Waals surface area contributed by atoms with E-state index in [2.05, 4.69) is 25.9 Å². The number of carbonyl (C=O) groups is 1. The first-order valence-electron chi connectivity index (χ1n) is 4.35. The highest BCUT2D eigenvalue weighted by molar-refractivity contribution is 9.10. The number of hydrogen-bond donors (Lipinski definition) is 3. The summed E-state index contributed by atoms with van der Waals surface area (Å²) in [5, 5.41) is 18.4. The summed E-state index contributed by atoms with van der Waals surface area (Å²) in [7, 11) is 0. The van der Waals surface area contributed by atoms with Gasteiger partial charge in [-0.3, -0.25) is 0 Å². The van der Waals surface area contributed by atoms with Crippen molar-refractivity contribution < 1.29 is 15.0 Å². The number of phenols is 1. The maximum Gasteiger partial charge on any atom is 0.353 e. The molecule has 16 heavy (non-hydrogen) atoms. The van der Waals surface area contributed by atoms with Crippen LogP contribution in [0.5, 0.6) is 5.75 Å². The Labute approximate surface area is 98.9 Å². The molecule has 0 fully saturated rings. The Balaban J connectivity index is 2.46. The van der Waals surface area contributed by atoms with Crippen LogP contribution in [-0.2, 0) is 0 Å². The van der Waals surface area contributed by atoms with Gasteiger partial charge in [-0.05, 0) is 18.2 Å². The molecule has 5 nitrogen and oxygen atoms in total. The Hall–Kier alpha value is -1.82. The normalized spacial score (nSPS) is 10.3. The molecule has 0 saturated carbocycles. The van der Waals surface area contributed by atoms with Crippen molar-refractivity contribution in [3.05, 3.63) is 34.6 Å². The number of H-pyrrole nitrogens is 1. The van der Waals surface area contributed by atoms with Gasteiger partial charge in [-0.2, -0.15) is 0 Å². The summed E-state index contributed by atoms with van der Waals surface area (Å²) < 4.78 is 0.735. The average Bonchev–Trinajstić information content (AvgIpc) is 2.66. The number of benzene rings is 1. The van der Waals surface area contributed by atoms with Gasteiger partial charge in [0.15, 0.2) is 0 Å². The van der Waals surface area contributed by atoms with Crippen LogP contribution in [0.1, 0.15) is 10.5 Å². The summed E-state index contributed by atoms with van der Waals surface area (Å²) in [5.41, 5.74) is 0.438. The largest absolute Gasteiger partial charge is 0.507 e. The smallest absolute Gasteiger partial charge is 0.353 e. The molecule has 3 N–H and O–H groups in total. The first-order valence-corrected chi connectivity index (χ1v) is 5.14. The van der Waals surface area contributed by atoms with E-state index in [0.717, 1.165) is 4.47 Å². The second-order valence-electron chi connectivity index (χ2n) is 3.11. The molecule has 1 heterocycles. The molecule has 0 aliphatic rings. The van der Waals surface area contributed by atoms with Crippen molar-refractivity contribution in [3.8, 4) is 17.1 Å². The highest BCUT2D eigenvalue weighted by Crippen LogP contribution is 2.29. The van der Waals surface area contributed by atoms with E-state index in [4.69, 9.17) is 5.11 Å². The molecular weight excluding hydrogens is 276 g/mol. The Morgan fingerprint density at radius 3 is 2.75 bits per heavy atom. The summed E-state index contributed by atoms with van der Waals surface area (Å²) in [6.45, 7) is 0. The molecule has 0 aliphatic heterocycles. The molecule has 2 rings (SSSR count). The standard InChI is InChI=1S/C10H7BrN2O3/c11-5-1-2-6(8(14)3-5)9-12-4-7(13-9)10(15)16/h1-4,14H,(H,12,13)(H,15,16). The quantitative estimate of drug-likeness (QED) is 0.789. The Bertz CT molecular complexity index is 551. The maximum absolute atomic E-state index is 10.6. The van der Waals surface area contributed by atoms with Crippen LogP contribution >= 0.6 is 15.9 Å². The number of aromatic hydroxyl groups is 1. The number of carboxylic acids is 1. The van der Waals surface area contributed by atoms with Gasteiger partial charge in [0.2, 0.25) is 0 Å². The van der Waals surface area contributed by atoms with Gasteiger partial charge in [0.25, 0.3) is 0 Å². The molecule has 1 aromatic heterocycles. The number of carboxylic acid groups (broad SMARTS) is 1. The lowest BCUT2D eigenvalue weighted by molar-refractivity contribution is 0.0691. The molecule has 0 bridgehead atoms. The molecule has 0 unspecified atom stereocenters. The third-order valence-electron chi connectivity index (χ3n) is 2.02. The predicted octanol–water partition coefficient (Wildman–Crippen LogP) is 2.24. The highest BCUT2D eigenvalue weighted by Gasteiger charge is 2.11. The fourth-order valence-corrected chi connectivity index (χ4v) is 1.62. The highest BCUT2D eigenvalue weighted by atomic mass is 79.9. The molecule has 1 aromatic carbocycles. The first kappa shape index (κ1) is 10.7. The number of aromatic nitrogens is 2. The van der Waals surface area contributed by atoms with Crippen molar-refractivity contribution in [1.29, 1.82) is 0 Å². The third kappa shape index (κ3) is 1.92. The molecule has 82 valence electrons. The molecular formula is C10H7BrN2O3. The molecule has 2 aromatic rings. The van der Waals surface area contributed by atoms with Gasteiger partial charge in [0.05, 0.1) is 11.8 Å². The van der Waals surface area contributed by atoms with Crippen molar-refractivity contribution in [2.75, 3.05) is 0 Å².